The van der Waals surface area contributed by atoms with Gasteiger partial charge in [0.25, 0.3) is 5.91 Å². The number of fused-ring (bicyclic) bond motifs is 1. The van der Waals surface area contributed by atoms with Crippen LogP contribution in [-0.2, 0) is 6.18 Å². The van der Waals surface area contributed by atoms with Crippen LogP contribution in [-0.4, -0.2) is 13.0 Å². The van der Waals surface area contributed by atoms with Crippen LogP contribution in [0.1, 0.15) is 15.2 Å². The lowest BCUT2D eigenvalue weighted by atomic mass is 10.2. The van der Waals surface area contributed by atoms with Gasteiger partial charge in [-0.05, 0) is 36.4 Å². The first-order chi connectivity index (χ1) is 12.2. The number of ether oxygens (including phenoxy) is 1. The highest BCUT2D eigenvalue weighted by atomic mass is 35.5. The first kappa shape index (κ1) is 18.8. The van der Waals surface area contributed by atoms with Gasteiger partial charge in [0.05, 0.1) is 28.4 Å². The van der Waals surface area contributed by atoms with Crippen LogP contribution in [0.2, 0.25) is 10.0 Å². The summed E-state index contributed by atoms with van der Waals surface area (Å²) in [6, 6.07) is 7.84. The summed E-state index contributed by atoms with van der Waals surface area (Å²) in [5.74, 6) is -0.0420. The van der Waals surface area contributed by atoms with Crippen molar-refractivity contribution in [2.24, 2.45) is 0 Å². The fraction of sp³-hybridized carbons (Fsp3) is 0.118. The Morgan fingerprint density at radius 1 is 1.15 bits per heavy atom. The molecule has 0 fully saturated rings. The molecule has 0 atom stereocenters. The van der Waals surface area contributed by atoms with Crippen molar-refractivity contribution >= 4 is 56.2 Å². The maximum Gasteiger partial charge on any atom is 0.416 e. The van der Waals surface area contributed by atoms with Crippen LogP contribution in [0.4, 0.5) is 18.9 Å². The van der Waals surface area contributed by atoms with E-state index >= 15 is 0 Å². The monoisotopic (exact) mass is 419 g/mol. The van der Waals surface area contributed by atoms with Gasteiger partial charge >= 0.3 is 6.18 Å². The van der Waals surface area contributed by atoms with Crippen LogP contribution >= 0.6 is 34.5 Å². The Morgan fingerprint density at radius 2 is 1.88 bits per heavy atom. The summed E-state index contributed by atoms with van der Waals surface area (Å²) in [4.78, 5) is 12.7. The maximum atomic E-state index is 12.8. The molecule has 0 radical (unpaired) electrons. The molecule has 3 aromatic rings. The molecule has 3 nitrogen and oxygen atoms in total. The van der Waals surface area contributed by atoms with Gasteiger partial charge in [0.15, 0.2) is 0 Å². The van der Waals surface area contributed by atoms with E-state index in [9.17, 15) is 18.0 Å². The number of rotatable bonds is 3. The summed E-state index contributed by atoms with van der Waals surface area (Å²) >= 11 is 13.3. The first-order valence-electron chi connectivity index (χ1n) is 7.15. The zero-order chi connectivity index (χ0) is 19.1. The lowest BCUT2D eigenvalue weighted by Crippen LogP contribution is -2.12. The van der Waals surface area contributed by atoms with Crippen LogP contribution in [0.15, 0.2) is 36.4 Å². The highest BCUT2D eigenvalue weighted by Gasteiger charge is 2.31. The molecule has 1 N–H and O–H groups in total. The van der Waals surface area contributed by atoms with Crippen molar-refractivity contribution < 1.29 is 22.7 Å². The Labute approximate surface area is 160 Å². The molecule has 0 aliphatic heterocycles. The SMILES string of the molecule is COc1ccc2c(Cl)c(C(=O)Nc3cc(C(F)(F)F)ccc3Cl)sc2c1. The van der Waals surface area contributed by atoms with Crippen molar-refractivity contribution in [3.8, 4) is 5.75 Å². The van der Waals surface area contributed by atoms with Crippen molar-refractivity contribution in [1.29, 1.82) is 0 Å². The number of hydrogen-bond donors (Lipinski definition) is 1. The van der Waals surface area contributed by atoms with Gasteiger partial charge in [-0.25, -0.2) is 0 Å². The number of carbonyl (C=O) groups excluding carboxylic acids is 1. The quantitative estimate of drug-likeness (QED) is 0.526. The van der Waals surface area contributed by atoms with Gasteiger partial charge in [0.1, 0.15) is 10.6 Å². The zero-order valence-electron chi connectivity index (χ0n) is 13.1. The number of benzene rings is 2. The van der Waals surface area contributed by atoms with Crippen molar-refractivity contribution in [3.05, 3.63) is 56.9 Å². The first-order valence-corrected chi connectivity index (χ1v) is 8.72. The van der Waals surface area contributed by atoms with E-state index in [0.29, 0.717) is 11.1 Å². The third-order valence-electron chi connectivity index (χ3n) is 3.58. The molecule has 26 heavy (non-hydrogen) atoms. The molecular weight excluding hydrogens is 410 g/mol. The van der Waals surface area contributed by atoms with Crippen molar-refractivity contribution in [1.82, 2.24) is 0 Å². The fourth-order valence-electron chi connectivity index (χ4n) is 2.29. The molecule has 2 aromatic carbocycles. The Balaban J connectivity index is 1.96. The molecular formula is C17H10Cl2F3NO2S. The number of nitrogens with one attached hydrogen (secondary N) is 1. The number of anilines is 1. The van der Waals surface area contributed by atoms with Crippen LogP contribution in [0.5, 0.6) is 5.75 Å². The standard InChI is InChI=1S/C17H10Cl2F3NO2S/c1-25-9-3-4-10-13(7-9)26-15(14(10)19)16(24)23-12-6-8(17(20,21)22)2-5-11(12)18/h2-7H,1H3,(H,23,24). The van der Waals surface area contributed by atoms with Gasteiger partial charge in [0.2, 0.25) is 0 Å². The minimum atomic E-state index is -4.55. The molecule has 136 valence electrons. The van der Waals surface area contributed by atoms with Crippen LogP contribution in [0.25, 0.3) is 10.1 Å². The third-order valence-corrected chi connectivity index (χ3v) is 5.57. The summed E-state index contributed by atoms with van der Waals surface area (Å²) < 4.78 is 44.4. The highest BCUT2D eigenvalue weighted by molar-refractivity contribution is 7.21. The van der Waals surface area contributed by atoms with E-state index in [4.69, 9.17) is 27.9 Å². The maximum absolute atomic E-state index is 12.8. The smallest absolute Gasteiger partial charge is 0.416 e. The second kappa shape index (κ2) is 6.98. The van der Waals surface area contributed by atoms with Gasteiger partial charge in [-0.15, -0.1) is 11.3 Å². The van der Waals surface area contributed by atoms with Gasteiger partial charge in [0, 0.05) is 10.1 Å². The Kier molecular flexibility index (Phi) is 5.05. The number of thiophene rings is 1. The highest BCUT2D eigenvalue weighted by Crippen LogP contribution is 2.38. The number of alkyl halides is 3. The van der Waals surface area contributed by atoms with Crippen LogP contribution < -0.4 is 10.1 Å². The van der Waals surface area contributed by atoms with Crippen LogP contribution in [0, 0.1) is 0 Å². The normalized spacial score (nSPS) is 11.6. The molecule has 0 aliphatic carbocycles. The van der Waals surface area contributed by atoms with Gasteiger partial charge in [-0.1, -0.05) is 23.2 Å². The number of methoxy groups -OCH3 is 1. The zero-order valence-corrected chi connectivity index (χ0v) is 15.4. The summed E-state index contributed by atoms with van der Waals surface area (Å²) in [5, 5.41) is 3.25. The molecule has 1 aromatic heterocycles. The molecule has 0 unspecified atom stereocenters. The number of amides is 1. The summed E-state index contributed by atoms with van der Waals surface area (Å²) in [6.45, 7) is 0. The van der Waals surface area contributed by atoms with Crippen molar-refractivity contribution in [2.45, 2.75) is 6.18 Å². The Bertz CT molecular complexity index is 1000. The van der Waals surface area contributed by atoms with E-state index < -0.39 is 17.6 Å². The minimum Gasteiger partial charge on any atom is -0.497 e. The van der Waals surface area contributed by atoms with Gasteiger partial charge in [-0.3, -0.25) is 4.79 Å². The molecule has 0 aliphatic rings. The summed E-state index contributed by atoms with van der Waals surface area (Å²) in [5.41, 5.74) is -1.05. The summed E-state index contributed by atoms with van der Waals surface area (Å²) in [7, 11) is 1.51. The molecule has 1 amide bonds. The topological polar surface area (TPSA) is 38.3 Å². The van der Waals surface area contributed by atoms with Crippen molar-refractivity contribution in [3.63, 3.8) is 0 Å². The Morgan fingerprint density at radius 3 is 2.54 bits per heavy atom. The number of halogens is 5. The van der Waals surface area contributed by atoms with Gasteiger partial charge < -0.3 is 10.1 Å². The van der Waals surface area contributed by atoms with E-state index in [-0.39, 0.29) is 20.6 Å². The molecule has 0 saturated carbocycles. The predicted molar refractivity (Wildman–Crippen MR) is 97.8 cm³/mol. The molecule has 0 spiro atoms. The largest absolute Gasteiger partial charge is 0.497 e. The lowest BCUT2D eigenvalue weighted by molar-refractivity contribution is -0.137. The average molecular weight is 420 g/mol. The minimum absolute atomic E-state index is 0.00903. The lowest BCUT2D eigenvalue weighted by Gasteiger charge is -2.11. The molecule has 0 bridgehead atoms. The molecule has 9 heteroatoms. The second-order valence-corrected chi connectivity index (χ2v) is 7.09. The van der Waals surface area contributed by atoms with E-state index in [1.807, 2.05) is 0 Å². The molecule has 1 heterocycles. The summed E-state index contributed by atoms with van der Waals surface area (Å²) in [6.07, 6.45) is -4.55. The molecule has 3 rings (SSSR count). The van der Waals surface area contributed by atoms with Crippen molar-refractivity contribution in [2.75, 3.05) is 12.4 Å². The predicted octanol–water partition coefficient (Wildman–Crippen LogP) is 6.49. The molecule has 0 saturated heterocycles. The Hall–Kier alpha value is -1.96. The van der Waals surface area contributed by atoms with Gasteiger partial charge in [-0.2, -0.15) is 13.2 Å². The van der Waals surface area contributed by atoms with E-state index in [0.717, 1.165) is 34.2 Å². The second-order valence-electron chi connectivity index (χ2n) is 5.25. The van der Waals surface area contributed by atoms with Crippen LogP contribution in [0.3, 0.4) is 0 Å². The third kappa shape index (κ3) is 3.60. The van der Waals surface area contributed by atoms with E-state index in [1.54, 1.807) is 18.2 Å². The number of carbonyl (C=O) groups is 1. The van der Waals surface area contributed by atoms with E-state index in [1.165, 1.54) is 7.11 Å². The fourth-order valence-corrected chi connectivity index (χ4v) is 3.90. The average Bonchev–Trinajstić information content (AvgIpc) is 2.92. The van der Waals surface area contributed by atoms with E-state index in [2.05, 4.69) is 5.32 Å². The number of hydrogen-bond acceptors (Lipinski definition) is 3.